The SMILES string of the molecule is C=C(C)C(=O)OCC(CCCC)(COC(=O)C(=C)C)C(=O)OCCCS(=O)(=O)O.[Ca+2].[H-].[H-]. The molecule has 170 valence electrons. The average Bonchev–Trinajstić information content (AvgIpc) is 2.63. The number of carbonyl (C=O) groups is 3. The zero-order valence-electron chi connectivity index (χ0n) is 19.9. The molecule has 0 spiro atoms. The Morgan fingerprint density at radius 1 is 0.967 bits per heavy atom. The van der Waals surface area contributed by atoms with Crippen LogP contribution in [0.1, 0.15) is 49.3 Å². The zero-order valence-corrected chi connectivity index (χ0v) is 20.9. The van der Waals surface area contributed by atoms with E-state index in [-0.39, 0.29) is 71.2 Å². The van der Waals surface area contributed by atoms with E-state index in [0.717, 1.165) is 0 Å². The molecule has 0 aromatic rings. The molecule has 0 heterocycles. The van der Waals surface area contributed by atoms with Crippen molar-refractivity contribution in [2.24, 2.45) is 5.41 Å². The third-order valence-electron chi connectivity index (χ3n) is 3.88. The standard InChI is InChI=1S/C19H30O9S.Ca.2H/c1-6-7-9-19(12-27-16(20)14(2)3,13-28-17(21)15(4)5)18(22)26-10-8-11-29(23,24)25;;;/h2,4,6-13H2,1,3,5H3,(H,23,24,25);;;/q;+2;2*-1. The van der Waals surface area contributed by atoms with Crippen LogP contribution in [0, 0.1) is 5.41 Å². The van der Waals surface area contributed by atoms with Crippen LogP contribution in [0.2, 0.25) is 0 Å². The molecular weight excluding hydrogens is 444 g/mol. The molecule has 0 aromatic carbocycles. The summed E-state index contributed by atoms with van der Waals surface area (Å²) in [5, 5.41) is 0. The van der Waals surface area contributed by atoms with Crippen LogP contribution in [0.4, 0.5) is 0 Å². The fourth-order valence-corrected chi connectivity index (χ4v) is 2.62. The third kappa shape index (κ3) is 12.7. The molecule has 0 atom stereocenters. The maximum absolute atomic E-state index is 12.8. The first kappa shape index (κ1) is 31.2. The van der Waals surface area contributed by atoms with Gasteiger partial charge < -0.3 is 17.1 Å². The van der Waals surface area contributed by atoms with Gasteiger partial charge in [-0.25, -0.2) is 9.59 Å². The fourth-order valence-electron chi connectivity index (χ4n) is 2.13. The molecule has 9 nitrogen and oxygen atoms in total. The van der Waals surface area contributed by atoms with Gasteiger partial charge in [0.1, 0.15) is 18.6 Å². The number of unbranched alkanes of at least 4 members (excludes halogenated alkanes) is 1. The van der Waals surface area contributed by atoms with E-state index in [1.165, 1.54) is 13.8 Å². The minimum absolute atomic E-state index is 0. The molecule has 0 fully saturated rings. The molecule has 0 saturated heterocycles. The smallest absolute Gasteiger partial charge is 1.00 e. The first-order valence-electron chi connectivity index (χ1n) is 9.12. The summed E-state index contributed by atoms with van der Waals surface area (Å²) in [6, 6.07) is 0. The molecule has 0 aromatic heterocycles. The first-order chi connectivity index (χ1) is 13.3. The van der Waals surface area contributed by atoms with Gasteiger partial charge in [0.05, 0.1) is 12.4 Å². The first-order valence-corrected chi connectivity index (χ1v) is 10.7. The van der Waals surface area contributed by atoms with Crippen molar-refractivity contribution < 1.29 is 44.4 Å². The molecule has 0 rings (SSSR count). The molecule has 0 aliphatic carbocycles. The van der Waals surface area contributed by atoms with Gasteiger partial charge in [-0.05, 0) is 26.7 Å². The monoisotopic (exact) mass is 476 g/mol. The Morgan fingerprint density at radius 3 is 1.80 bits per heavy atom. The number of ether oxygens (including phenoxy) is 3. The molecule has 0 aliphatic heterocycles. The van der Waals surface area contributed by atoms with Crippen molar-refractivity contribution in [2.45, 2.75) is 46.5 Å². The molecule has 0 unspecified atom stereocenters. The van der Waals surface area contributed by atoms with E-state index in [2.05, 4.69) is 13.2 Å². The fraction of sp³-hybridized carbons (Fsp3) is 0.632. The number of rotatable bonds is 14. The molecular formula is C19H32CaO9S. The van der Waals surface area contributed by atoms with Crippen LogP contribution in [0.5, 0.6) is 0 Å². The van der Waals surface area contributed by atoms with Gasteiger partial charge in [-0.2, -0.15) is 8.42 Å². The van der Waals surface area contributed by atoms with E-state index in [9.17, 15) is 22.8 Å². The Bertz CT molecular complexity index is 709. The van der Waals surface area contributed by atoms with Gasteiger partial charge in [-0.1, -0.05) is 32.9 Å². The van der Waals surface area contributed by atoms with Crippen LogP contribution in [-0.4, -0.2) is 94.2 Å². The summed E-state index contributed by atoms with van der Waals surface area (Å²) in [4.78, 5) is 36.4. The average molecular weight is 477 g/mol. The molecule has 0 aliphatic rings. The number of carbonyl (C=O) groups excluding carboxylic acids is 3. The predicted octanol–water partition coefficient (Wildman–Crippen LogP) is 2.07. The Kier molecular flexibility index (Phi) is 15.6. The topological polar surface area (TPSA) is 133 Å². The molecule has 11 heteroatoms. The van der Waals surface area contributed by atoms with Crippen LogP contribution >= 0.6 is 0 Å². The summed E-state index contributed by atoms with van der Waals surface area (Å²) >= 11 is 0. The van der Waals surface area contributed by atoms with Crippen molar-refractivity contribution in [3.8, 4) is 0 Å². The second kappa shape index (κ2) is 15.0. The van der Waals surface area contributed by atoms with Gasteiger partial charge in [0.25, 0.3) is 10.1 Å². The quantitative estimate of drug-likeness (QED) is 0.0998. The number of hydrogen-bond donors (Lipinski definition) is 1. The largest absolute Gasteiger partial charge is 2.00 e. The maximum atomic E-state index is 12.8. The van der Waals surface area contributed by atoms with Crippen molar-refractivity contribution in [2.75, 3.05) is 25.6 Å². The molecule has 0 bridgehead atoms. The van der Waals surface area contributed by atoms with Gasteiger partial charge in [0.15, 0.2) is 0 Å². The Balaban J connectivity index is -0.00000131. The Hall–Kier alpha value is -0.940. The van der Waals surface area contributed by atoms with Crippen molar-refractivity contribution in [3.63, 3.8) is 0 Å². The molecule has 0 saturated carbocycles. The van der Waals surface area contributed by atoms with Crippen molar-refractivity contribution in [1.29, 1.82) is 0 Å². The van der Waals surface area contributed by atoms with Crippen molar-refractivity contribution in [3.05, 3.63) is 24.3 Å². The molecule has 30 heavy (non-hydrogen) atoms. The van der Waals surface area contributed by atoms with E-state index < -0.39 is 52.4 Å². The van der Waals surface area contributed by atoms with E-state index >= 15 is 0 Å². The Labute approximate surface area is 210 Å². The number of hydrogen-bond acceptors (Lipinski definition) is 8. The van der Waals surface area contributed by atoms with E-state index in [0.29, 0.717) is 12.8 Å². The maximum Gasteiger partial charge on any atom is 2.00 e. The van der Waals surface area contributed by atoms with E-state index in [4.69, 9.17) is 18.8 Å². The summed E-state index contributed by atoms with van der Waals surface area (Å²) in [5.74, 6) is -2.80. The van der Waals surface area contributed by atoms with Crippen LogP contribution < -0.4 is 0 Å². The predicted molar refractivity (Wildman–Crippen MR) is 113 cm³/mol. The van der Waals surface area contributed by atoms with Crippen LogP contribution in [-0.2, 0) is 38.7 Å². The van der Waals surface area contributed by atoms with Crippen molar-refractivity contribution >= 4 is 65.8 Å². The van der Waals surface area contributed by atoms with Gasteiger partial charge in [-0.3, -0.25) is 9.35 Å². The van der Waals surface area contributed by atoms with Crippen LogP contribution in [0.15, 0.2) is 24.3 Å². The Morgan fingerprint density at radius 2 is 1.43 bits per heavy atom. The van der Waals surface area contributed by atoms with E-state index in [1.54, 1.807) is 0 Å². The number of esters is 3. The molecule has 1 N–H and O–H groups in total. The van der Waals surface area contributed by atoms with Crippen molar-refractivity contribution in [1.82, 2.24) is 0 Å². The van der Waals surface area contributed by atoms with Gasteiger partial charge >= 0.3 is 55.6 Å². The van der Waals surface area contributed by atoms with Gasteiger partial charge in [0, 0.05) is 11.1 Å². The summed E-state index contributed by atoms with van der Waals surface area (Å²) in [5.41, 5.74) is -1.20. The minimum Gasteiger partial charge on any atom is -1.00 e. The van der Waals surface area contributed by atoms with Gasteiger partial charge in [0.2, 0.25) is 0 Å². The summed E-state index contributed by atoms with van der Waals surface area (Å²) in [6.07, 6.45) is 1.34. The summed E-state index contributed by atoms with van der Waals surface area (Å²) < 4.78 is 45.8. The molecule has 0 radical (unpaired) electrons. The normalized spacial score (nSPS) is 11.1. The van der Waals surface area contributed by atoms with Crippen LogP contribution in [0.25, 0.3) is 0 Å². The minimum atomic E-state index is -4.18. The second-order valence-corrected chi connectivity index (χ2v) is 8.44. The van der Waals surface area contributed by atoms with E-state index in [1.807, 2.05) is 6.92 Å². The second-order valence-electron chi connectivity index (χ2n) is 6.87. The summed E-state index contributed by atoms with van der Waals surface area (Å²) in [7, 11) is -4.18. The molecule has 0 amide bonds. The summed E-state index contributed by atoms with van der Waals surface area (Å²) in [6.45, 7) is 10.7. The zero-order chi connectivity index (χ0) is 22.7. The van der Waals surface area contributed by atoms with Gasteiger partial charge in [-0.15, -0.1) is 0 Å². The van der Waals surface area contributed by atoms with Crippen LogP contribution in [0.3, 0.4) is 0 Å². The third-order valence-corrected chi connectivity index (χ3v) is 4.68.